The van der Waals surface area contributed by atoms with Crippen molar-refractivity contribution in [3.8, 4) is 11.5 Å². The maximum atomic E-state index is 13.9. The molecule has 186 valence electrons. The standard InChI is InChI=1S/C27H39N3O4/c1-5-6-16-30-25(31)21-17-20-22(33-3)14-15-23(34-4)24(20)29(21)18-27(30,2)26(32)28-19-12-10-8-7-9-11-13-19/h14-15,17,19H,5-13,16,18H2,1-4H3,(H,28,32)/t27-/m0/s1. The lowest BCUT2D eigenvalue weighted by atomic mass is 9.92. The quantitative estimate of drug-likeness (QED) is 0.626. The second kappa shape index (κ2) is 10.3. The van der Waals surface area contributed by atoms with Crippen molar-refractivity contribution in [1.29, 1.82) is 0 Å². The van der Waals surface area contributed by atoms with E-state index in [-0.39, 0.29) is 17.9 Å². The van der Waals surface area contributed by atoms with Gasteiger partial charge in [0.25, 0.3) is 5.91 Å². The molecule has 2 aliphatic rings. The van der Waals surface area contributed by atoms with Crippen molar-refractivity contribution in [3.63, 3.8) is 0 Å². The number of ether oxygens (including phenoxy) is 2. The minimum Gasteiger partial charge on any atom is -0.496 e. The number of rotatable bonds is 7. The molecular weight excluding hydrogens is 430 g/mol. The molecule has 1 aromatic carbocycles. The molecule has 2 amide bonds. The van der Waals surface area contributed by atoms with E-state index >= 15 is 0 Å². The molecule has 7 heteroatoms. The van der Waals surface area contributed by atoms with Gasteiger partial charge in [0.05, 0.1) is 26.3 Å². The van der Waals surface area contributed by atoms with E-state index < -0.39 is 5.54 Å². The molecule has 0 unspecified atom stereocenters. The Morgan fingerprint density at radius 1 is 1.09 bits per heavy atom. The van der Waals surface area contributed by atoms with Gasteiger partial charge < -0.3 is 24.3 Å². The van der Waals surface area contributed by atoms with Crippen molar-refractivity contribution in [2.24, 2.45) is 0 Å². The summed E-state index contributed by atoms with van der Waals surface area (Å²) in [5.41, 5.74) is 0.386. The zero-order valence-corrected chi connectivity index (χ0v) is 21.1. The summed E-state index contributed by atoms with van der Waals surface area (Å²) < 4.78 is 13.2. The molecule has 1 aromatic heterocycles. The first-order chi connectivity index (χ1) is 16.4. The molecule has 7 nitrogen and oxygen atoms in total. The number of nitrogens with one attached hydrogen (secondary N) is 1. The fourth-order valence-corrected chi connectivity index (χ4v) is 5.56. The highest BCUT2D eigenvalue weighted by Crippen LogP contribution is 2.40. The predicted molar refractivity (Wildman–Crippen MR) is 134 cm³/mol. The van der Waals surface area contributed by atoms with Crippen LogP contribution in [0.4, 0.5) is 0 Å². The Bertz CT molecular complexity index is 1040. The van der Waals surface area contributed by atoms with E-state index in [4.69, 9.17) is 9.47 Å². The van der Waals surface area contributed by atoms with Gasteiger partial charge in [-0.1, -0.05) is 45.4 Å². The molecule has 1 atom stereocenters. The first-order valence-corrected chi connectivity index (χ1v) is 12.8. The second-order valence-corrected chi connectivity index (χ2v) is 9.95. The van der Waals surface area contributed by atoms with Crippen molar-refractivity contribution in [1.82, 2.24) is 14.8 Å². The first kappa shape index (κ1) is 24.4. The third kappa shape index (κ3) is 4.37. The number of amides is 2. The van der Waals surface area contributed by atoms with Gasteiger partial charge in [-0.25, -0.2) is 0 Å². The highest BCUT2D eigenvalue weighted by atomic mass is 16.5. The van der Waals surface area contributed by atoms with Crippen LogP contribution in [0.15, 0.2) is 18.2 Å². The number of hydrogen-bond acceptors (Lipinski definition) is 4. The monoisotopic (exact) mass is 469 g/mol. The van der Waals surface area contributed by atoms with Crippen molar-refractivity contribution in [2.75, 3.05) is 20.8 Å². The number of carbonyl (C=O) groups excluding carboxylic acids is 2. The van der Waals surface area contributed by atoms with Crippen LogP contribution in [0.2, 0.25) is 0 Å². The topological polar surface area (TPSA) is 72.8 Å². The molecule has 4 rings (SSSR count). The number of nitrogens with zero attached hydrogens (tertiary/aromatic N) is 2. The maximum absolute atomic E-state index is 13.9. The smallest absolute Gasteiger partial charge is 0.271 e. The number of hydrogen-bond donors (Lipinski definition) is 1. The van der Waals surface area contributed by atoms with Gasteiger partial charge in [0.1, 0.15) is 22.7 Å². The van der Waals surface area contributed by atoms with E-state index in [1.165, 1.54) is 19.3 Å². The van der Waals surface area contributed by atoms with Crippen LogP contribution in [0, 0.1) is 0 Å². The van der Waals surface area contributed by atoms with Gasteiger partial charge in [-0.2, -0.15) is 0 Å². The van der Waals surface area contributed by atoms with Gasteiger partial charge in [0.15, 0.2) is 0 Å². The Morgan fingerprint density at radius 3 is 2.38 bits per heavy atom. The molecule has 1 saturated carbocycles. The highest BCUT2D eigenvalue weighted by Gasteiger charge is 2.48. The molecule has 0 saturated heterocycles. The fraction of sp³-hybridized carbons (Fsp3) is 0.630. The molecule has 1 N–H and O–H groups in total. The van der Waals surface area contributed by atoms with E-state index in [1.807, 2.05) is 29.7 Å². The molecule has 34 heavy (non-hydrogen) atoms. The Labute approximate surface area is 202 Å². The van der Waals surface area contributed by atoms with Crippen LogP contribution >= 0.6 is 0 Å². The van der Waals surface area contributed by atoms with Crippen LogP contribution in [-0.2, 0) is 11.3 Å². The zero-order chi connectivity index (χ0) is 24.3. The van der Waals surface area contributed by atoms with E-state index in [0.717, 1.165) is 49.4 Å². The number of fused-ring (bicyclic) bond motifs is 3. The fourth-order valence-electron chi connectivity index (χ4n) is 5.56. The lowest BCUT2D eigenvalue weighted by Crippen LogP contribution is -2.65. The second-order valence-electron chi connectivity index (χ2n) is 9.95. The summed E-state index contributed by atoms with van der Waals surface area (Å²) in [4.78, 5) is 29.5. The molecule has 0 bridgehead atoms. The molecule has 1 aliphatic carbocycles. The normalized spacial score (nSPS) is 21.6. The van der Waals surface area contributed by atoms with Crippen LogP contribution in [0.5, 0.6) is 11.5 Å². The van der Waals surface area contributed by atoms with Crippen LogP contribution in [-0.4, -0.2) is 53.6 Å². The maximum Gasteiger partial charge on any atom is 0.271 e. The van der Waals surface area contributed by atoms with Crippen molar-refractivity contribution in [2.45, 2.75) is 89.8 Å². The number of carbonyl (C=O) groups is 2. The largest absolute Gasteiger partial charge is 0.496 e. The Kier molecular flexibility index (Phi) is 7.39. The molecule has 0 radical (unpaired) electrons. The van der Waals surface area contributed by atoms with E-state index in [1.54, 1.807) is 19.1 Å². The number of benzene rings is 1. The van der Waals surface area contributed by atoms with E-state index in [2.05, 4.69) is 12.2 Å². The summed E-state index contributed by atoms with van der Waals surface area (Å²) in [6.45, 7) is 4.95. The first-order valence-electron chi connectivity index (χ1n) is 12.8. The van der Waals surface area contributed by atoms with Gasteiger partial charge in [0, 0.05) is 18.0 Å². The lowest BCUT2D eigenvalue weighted by molar-refractivity contribution is -0.133. The zero-order valence-electron chi connectivity index (χ0n) is 21.1. The third-order valence-electron chi connectivity index (χ3n) is 7.61. The minimum atomic E-state index is -0.984. The summed E-state index contributed by atoms with van der Waals surface area (Å²) in [7, 11) is 3.25. The van der Waals surface area contributed by atoms with Gasteiger partial charge in [-0.05, 0) is 44.4 Å². The summed E-state index contributed by atoms with van der Waals surface area (Å²) in [5, 5.41) is 4.17. The van der Waals surface area contributed by atoms with Gasteiger partial charge in [-0.15, -0.1) is 0 Å². The Morgan fingerprint density at radius 2 is 1.74 bits per heavy atom. The van der Waals surface area contributed by atoms with Gasteiger partial charge in [-0.3, -0.25) is 9.59 Å². The average molecular weight is 470 g/mol. The van der Waals surface area contributed by atoms with E-state index in [9.17, 15) is 9.59 Å². The van der Waals surface area contributed by atoms with E-state index in [0.29, 0.717) is 30.3 Å². The summed E-state index contributed by atoms with van der Waals surface area (Å²) in [6, 6.07) is 5.76. The van der Waals surface area contributed by atoms with Gasteiger partial charge >= 0.3 is 0 Å². The van der Waals surface area contributed by atoms with Crippen LogP contribution in [0.25, 0.3) is 10.9 Å². The van der Waals surface area contributed by atoms with Crippen LogP contribution in [0.3, 0.4) is 0 Å². The molecular formula is C27H39N3O4. The SMILES string of the molecule is CCCCN1C(=O)c2cc3c(OC)ccc(OC)c3n2C[C@@]1(C)C(=O)NC1CCCCCCC1. The van der Waals surface area contributed by atoms with Crippen LogP contribution in [0.1, 0.15) is 82.1 Å². The molecule has 1 fully saturated rings. The van der Waals surface area contributed by atoms with Gasteiger partial charge in [0.2, 0.25) is 5.91 Å². The summed E-state index contributed by atoms with van der Waals surface area (Å²) in [5.74, 6) is 1.18. The molecule has 0 spiro atoms. The van der Waals surface area contributed by atoms with Crippen LogP contribution < -0.4 is 14.8 Å². The number of aromatic nitrogens is 1. The van der Waals surface area contributed by atoms with Crippen molar-refractivity contribution < 1.29 is 19.1 Å². The lowest BCUT2D eigenvalue weighted by Gasteiger charge is -2.45. The number of unbranched alkanes of at least 4 members (excludes halogenated alkanes) is 1. The Hall–Kier alpha value is -2.70. The number of methoxy groups -OCH3 is 2. The minimum absolute atomic E-state index is 0.0584. The molecule has 2 aromatic rings. The third-order valence-corrected chi connectivity index (χ3v) is 7.61. The summed E-state index contributed by atoms with van der Waals surface area (Å²) in [6.07, 6.45) is 9.84. The van der Waals surface area contributed by atoms with Crippen molar-refractivity contribution >= 4 is 22.7 Å². The highest BCUT2D eigenvalue weighted by molar-refractivity contribution is 6.05. The summed E-state index contributed by atoms with van der Waals surface area (Å²) >= 11 is 0. The molecule has 1 aliphatic heterocycles. The Balaban J connectivity index is 1.75. The predicted octanol–water partition coefficient (Wildman–Crippen LogP) is 4.90. The average Bonchev–Trinajstić information content (AvgIpc) is 3.19. The molecule has 2 heterocycles. The van der Waals surface area contributed by atoms with Crippen molar-refractivity contribution in [3.05, 3.63) is 23.9 Å².